The molecule has 11 heavy (non-hydrogen) atoms. The maximum Gasteiger partial charge on any atom is 0.0412 e. The maximum atomic E-state index is 3.75. The first-order valence-electron chi connectivity index (χ1n) is 3.86. The van der Waals surface area contributed by atoms with E-state index in [0.717, 1.165) is 5.69 Å². The van der Waals surface area contributed by atoms with Crippen molar-refractivity contribution in [2.24, 2.45) is 0 Å². The van der Waals surface area contributed by atoms with Crippen LogP contribution in [0.3, 0.4) is 0 Å². The highest BCUT2D eigenvalue weighted by molar-refractivity contribution is 5.49. The van der Waals surface area contributed by atoms with Crippen molar-refractivity contribution >= 4 is 6.08 Å². The third-order valence-corrected chi connectivity index (χ3v) is 1.79. The van der Waals surface area contributed by atoms with Gasteiger partial charge in [-0.1, -0.05) is 27.4 Å². The van der Waals surface area contributed by atoms with Crippen molar-refractivity contribution < 1.29 is 0 Å². The van der Waals surface area contributed by atoms with Crippen LogP contribution in [0.5, 0.6) is 0 Å². The standard InChI is InChI=1S/C10H15N/c1-5-9-8(6-7-11-9)10(2,3)4/h5-7,11H,1H2,2-4H3. The number of rotatable bonds is 1. The zero-order chi connectivity index (χ0) is 8.48. The van der Waals surface area contributed by atoms with E-state index in [2.05, 4.69) is 38.4 Å². The van der Waals surface area contributed by atoms with Crippen molar-refractivity contribution in [3.8, 4) is 0 Å². The fourth-order valence-corrected chi connectivity index (χ4v) is 1.21. The third kappa shape index (κ3) is 1.53. The normalized spacial score (nSPS) is 11.5. The molecule has 0 aliphatic rings. The predicted molar refractivity (Wildman–Crippen MR) is 49.6 cm³/mol. The van der Waals surface area contributed by atoms with Crippen molar-refractivity contribution in [3.63, 3.8) is 0 Å². The molecule has 60 valence electrons. The molecule has 0 aliphatic carbocycles. The Hall–Kier alpha value is -0.980. The Morgan fingerprint density at radius 2 is 2.09 bits per heavy atom. The maximum absolute atomic E-state index is 3.75. The molecule has 0 spiro atoms. The zero-order valence-electron chi connectivity index (χ0n) is 7.44. The lowest BCUT2D eigenvalue weighted by Gasteiger charge is -2.17. The summed E-state index contributed by atoms with van der Waals surface area (Å²) in [7, 11) is 0. The van der Waals surface area contributed by atoms with E-state index in [-0.39, 0.29) is 5.41 Å². The first kappa shape index (κ1) is 8.12. The van der Waals surface area contributed by atoms with Crippen LogP contribution in [0.15, 0.2) is 18.8 Å². The number of nitrogens with one attached hydrogen (secondary N) is 1. The average molecular weight is 149 g/mol. The molecule has 0 aliphatic heterocycles. The molecule has 1 nitrogen and oxygen atoms in total. The number of aromatic nitrogens is 1. The van der Waals surface area contributed by atoms with Gasteiger partial charge in [-0.3, -0.25) is 0 Å². The second-order valence-corrected chi connectivity index (χ2v) is 3.76. The number of H-pyrrole nitrogens is 1. The summed E-state index contributed by atoms with van der Waals surface area (Å²) in [6.45, 7) is 10.3. The fourth-order valence-electron chi connectivity index (χ4n) is 1.21. The van der Waals surface area contributed by atoms with Gasteiger partial charge in [0.15, 0.2) is 0 Å². The molecule has 1 heterocycles. The molecule has 1 rings (SSSR count). The largest absolute Gasteiger partial charge is 0.361 e. The van der Waals surface area contributed by atoms with Crippen LogP contribution in [0, 0.1) is 0 Å². The second kappa shape index (κ2) is 2.57. The van der Waals surface area contributed by atoms with Crippen molar-refractivity contribution in [2.75, 3.05) is 0 Å². The Kier molecular flexibility index (Phi) is 1.90. The molecule has 1 N–H and O–H groups in total. The van der Waals surface area contributed by atoms with E-state index >= 15 is 0 Å². The van der Waals surface area contributed by atoms with Crippen LogP contribution < -0.4 is 0 Å². The summed E-state index contributed by atoms with van der Waals surface area (Å²) >= 11 is 0. The van der Waals surface area contributed by atoms with Gasteiger partial charge >= 0.3 is 0 Å². The van der Waals surface area contributed by atoms with E-state index in [1.165, 1.54) is 5.56 Å². The van der Waals surface area contributed by atoms with Gasteiger partial charge in [-0.15, -0.1) is 0 Å². The lowest BCUT2D eigenvalue weighted by molar-refractivity contribution is 0.590. The number of hydrogen-bond donors (Lipinski definition) is 1. The van der Waals surface area contributed by atoms with Crippen LogP contribution in [0.25, 0.3) is 6.08 Å². The first-order valence-corrected chi connectivity index (χ1v) is 3.86. The van der Waals surface area contributed by atoms with Gasteiger partial charge in [0.05, 0.1) is 0 Å². The predicted octanol–water partition coefficient (Wildman–Crippen LogP) is 2.96. The van der Waals surface area contributed by atoms with Crippen LogP contribution in [0.4, 0.5) is 0 Å². The van der Waals surface area contributed by atoms with E-state index < -0.39 is 0 Å². The Bertz CT molecular complexity index is 250. The van der Waals surface area contributed by atoms with Crippen molar-refractivity contribution in [2.45, 2.75) is 26.2 Å². The van der Waals surface area contributed by atoms with Gasteiger partial charge in [-0.25, -0.2) is 0 Å². The average Bonchev–Trinajstić information content (AvgIpc) is 2.31. The van der Waals surface area contributed by atoms with Crippen LogP contribution in [0.2, 0.25) is 0 Å². The molecule has 0 bridgehead atoms. The lowest BCUT2D eigenvalue weighted by atomic mass is 9.87. The molecule has 0 atom stereocenters. The highest BCUT2D eigenvalue weighted by Gasteiger charge is 2.16. The molecule has 0 amide bonds. The van der Waals surface area contributed by atoms with Crippen LogP contribution in [-0.2, 0) is 5.41 Å². The van der Waals surface area contributed by atoms with E-state index in [9.17, 15) is 0 Å². The fraction of sp³-hybridized carbons (Fsp3) is 0.400. The molecule has 1 aromatic rings. The second-order valence-electron chi connectivity index (χ2n) is 3.76. The minimum Gasteiger partial charge on any atom is -0.361 e. The van der Waals surface area contributed by atoms with Gasteiger partial charge in [-0.05, 0) is 23.1 Å². The summed E-state index contributed by atoms with van der Waals surface area (Å²) in [5.41, 5.74) is 2.67. The van der Waals surface area contributed by atoms with Crippen LogP contribution >= 0.6 is 0 Å². The highest BCUT2D eigenvalue weighted by atomic mass is 14.7. The Morgan fingerprint density at radius 3 is 2.45 bits per heavy atom. The van der Waals surface area contributed by atoms with Gasteiger partial charge in [-0.2, -0.15) is 0 Å². The molecular weight excluding hydrogens is 134 g/mol. The molecule has 0 unspecified atom stereocenters. The molecule has 0 radical (unpaired) electrons. The van der Waals surface area contributed by atoms with Gasteiger partial charge in [0.2, 0.25) is 0 Å². The SMILES string of the molecule is C=Cc1[nH]ccc1C(C)(C)C. The van der Waals surface area contributed by atoms with Crippen molar-refractivity contribution in [1.82, 2.24) is 4.98 Å². The summed E-state index contributed by atoms with van der Waals surface area (Å²) in [5, 5.41) is 0. The van der Waals surface area contributed by atoms with E-state index in [4.69, 9.17) is 0 Å². The Labute approximate surface area is 68.1 Å². The van der Waals surface area contributed by atoms with E-state index in [1.54, 1.807) is 0 Å². The smallest absolute Gasteiger partial charge is 0.0412 e. The lowest BCUT2D eigenvalue weighted by Crippen LogP contribution is -2.11. The van der Waals surface area contributed by atoms with E-state index in [1.807, 2.05) is 12.3 Å². The molecule has 0 saturated heterocycles. The quantitative estimate of drug-likeness (QED) is 0.632. The van der Waals surface area contributed by atoms with Gasteiger partial charge in [0.1, 0.15) is 0 Å². The van der Waals surface area contributed by atoms with Crippen LogP contribution in [-0.4, -0.2) is 4.98 Å². The summed E-state index contributed by atoms with van der Waals surface area (Å²) in [6.07, 6.45) is 3.82. The Morgan fingerprint density at radius 1 is 1.45 bits per heavy atom. The number of aromatic amines is 1. The highest BCUT2D eigenvalue weighted by Crippen LogP contribution is 2.25. The van der Waals surface area contributed by atoms with Crippen molar-refractivity contribution in [3.05, 3.63) is 30.1 Å². The van der Waals surface area contributed by atoms with Gasteiger partial charge in [0, 0.05) is 11.9 Å². The number of hydrogen-bond acceptors (Lipinski definition) is 0. The minimum atomic E-state index is 0.212. The molecular formula is C10H15N. The molecule has 0 fully saturated rings. The molecule has 1 aromatic heterocycles. The van der Waals surface area contributed by atoms with Gasteiger partial charge in [0.25, 0.3) is 0 Å². The van der Waals surface area contributed by atoms with Crippen molar-refractivity contribution in [1.29, 1.82) is 0 Å². The summed E-state index contributed by atoms with van der Waals surface area (Å²) < 4.78 is 0. The summed E-state index contributed by atoms with van der Waals surface area (Å²) in [5.74, 6) is 0. The molecule has 0 saturated carbocycles. The Balaban J connectivity index is 3.12. The molecule has 1 heteroatoms. The topological polar surface area (TPSA) is 15.8 Å². The summed E-state index contributed by atoms with van der Waals surface area (Å²) in [6, 6.07) is 2.11. The molecule has 0 aromatic carbocycles. The van der Waals surface area contributed by atoms with E-state index in [0.29, 0.717) is 0 Å². The zero-order valence-corrected chi connectivity index (χ0v) is 7.44. The third-order valence-electron chi connectivity index (χ3n) is 1.79. The van der Waals surface area contributed by atoms with Gasteiger partial charge < -0.3 is 4.98 Å². The summed E-state index contributed by atoms with van der Waals surface area (Å²) in [4.78, 5) is 3.14. The minimum absolute atomic E-state index is 0.212. The monoisotopic (exact) mass is 149 g/mol. The first-order chi connectivity index (χ1) is 5.05. The van der Waals surface area contributed by atoms with Crippen LogP contribution in [0.1, 0.15) is 32.0 Å².